The van der Waals surface area contributed by atoms with E-state index in [1.54, 1.807) is 27.4 Å². The lowest BCUT2D eigenvalue weighted by atomic mass is 10.1. The lowest BCUT2D eigenvalue weighted by Gasteiger charge is -2.21. The third-order valence-corrected chi connectivity index (χ3v) is 7.13. The van der Waals surface area contributed by atoms with E-state index in [4.69, 9.17) is 5.11 Å². The van der Waals surface area contributed by atoms with Gasteiger partial charge in [-0.05, 0) is 49.4 Å². The lowest BCUT2D eigenvalue weighted by molar-refractivity contribution is -0.137. The summed E-state index contributed by atoms with van der Waals surface area (Å²) in [5, 5.41) is 8.70. The van der Waals surface area contributed by atoms with E-state index in [-0.39, 0.29) is 18.7 Å². The van der Waals surface area contributed by atoms with Gasteiger partial charge >= 0.3 is 5.97 Å². The Kier molecular flexibility index (Phi) is 6.16. The first-order chi connectivity index (χ1) is 12.9. The number of sulfonamides is 1. The van der Waals surface area contributed by atoms with E-state index in [0.717, 1.165) is 36.9 Å². The summed E-state index contributed by atoms with van der Waals surface area (Å²) < 4.78 is 27.5. The molecule has 27 heavy (non-hydrogen) atoms. The number of fused-ring (bicyclic) bond motifs is 1. The first kappa shape index (κ1) is 19.8. The predicted octanol–water partition coefficient (Wildman–Crippen LogP) is 2.40. The molecule has 0 spiro atoms. The first-order valence-corrected chi connectivity index (χ1v) is 11.0. The third kappa shape index (κ3) is 4.50. The largest absolute Gasteiger partial charge is 0.481 e. The number of amides is 1. The van der Waals surface area contributed by atoms with Crippen LogP contribution < -0.4 is 4.90 Å². The van der Waals surface area contributed by atoms with Crippen LogP contribution in [0.2, 0.25) is 0 Å². The number of benzene rings is 1. The average Bonchev–Trinajstić information content (AvgIpc) is 2.85. The number of nitrogens with zero attached hydrogens (tertiary/aromatic N) is 2. The molecule has 3 rings (SSSR count). The van der Waals surface area contributed by atoms with Crippen LogP contribution in [-0.2, 0) is 26.0 Å². The van der Waals surface area contributed by atoms with Crippen LogP contribution in [0.4, 0.5) is 5.69 Å². The monoisotopic (exact) mass is 394 g/mol. The maximum atomic E-state index is 13.0. The molecule has 0 unspecified atom stereocenters. The van der Waals surface area contributed by atoms with Crippen molar-refractivity contribution in [3.8, 4) is 0 Å². The topological polar surface area (TPSA) is 95.0 Å². The number of carbonyl (C=O) groups is 2. The van der Waals surface area contributed by atoms with Crippen LogP contribution in [0.5, 0.6) is 0 Å². The van der Waals surface area contributed by atoms with E-state index in [0.29, 0.717) is 37.4 Å². The van der Waals surface area contributed by atoms with E-state index < -0.39 is 16.0 Å². The molecule has 2 aliphatic rings. The number of carboxylic acids is 1. The molecule has 8 heteroatoms. The molecule has 0 bridgehead atoms. The van der Waals surface area contributed by atoms with Gasteiger partial charge in [0.2, 0.25) is 15.9 Å². The van der Waals surface area contributed by atoms with Crippen LogP contribution in [0, 0.1) is 0 Å². The fourth-order valence-electron chi connectivity index (χ4n) is 3.75. The quantitative estimate of drug-likeness (QED) is 0.799. The van der Waals surface area contributed by atoms with Crippen molar-refractivity contribution in [2.75, 3.05) is 24.5 Å². The molecule has 0 aliphatic carbocycles. The summed E-state index contributed by atoms with van der Waals surface area (Å²) in [5.41, 5.74) is 1.60. The van der Waals surface area contributed by atoms with Crippen molar-refractivity contribution in [1.29, 1.82) is 0 Å². The summed E-state index contributed by atoms with van der Waals surface area (Å²) in [4.78, 5) is 24.9. The van der Waals surface area contributed by atoms with E-state index in [1.165, 1.54) is 0 Å². The summed E-state index contributed by atoms with van der Waals surface area (Å²) in [6.07, 6.45) is 4.99. The number of hydrogen-bond acceptors (Lipinski definition) is 4. The predicted molar refractivity (Wildman–Crippen MR) is 101 cm³/mol. The molecule has 0 atom stereocenters. The second-order valence-corrected chi connectivity index (χ2v) is 9.09. The Morgan fingerprint density at radius 1 is 1.00 bits per heavy atom. The molecule has 1 aromatic rings. The number of carboxylic acid groups (broad SMARTS) is 1. The Morgan fingerprint density at radius 3 is 2.37 bits per heavy atom. The molecule has 0 saturated carbocycles. The molecule has 1 aromatic carbocycles. The standard InChI is InChI=1S/C19H26N2O5S/c22-18(6-5-7-19(23)24)21-13-10-15-14-16(8-9-17(15)21)27(25,26)20-11-3-1-2-4-12-20/h8-9,14H,1-7,10-13H2,(H,23,24). The van der Waals surface area contributed by atoms with Gasteiger partial charge in [-0.3, -0.25) is 9.59 Å². The molecule has 0 radical (unpaired) electrons. The zero-order valence-corrected chi connectivity index (χ0v) is 16.2. The van der Waals surface area contributed by atoms with Crippen molar-refractivity contribution in [3.05, 3.63) is 23.8 Å². The van der Waals surface area contributed by atoms with Gasteiger partial charge in [0.05, 0.1) is 4.90 Å². The van der Waals surface area contributed by atoms with Gasteiger partial charge in [-0.1, -0.05) is 12.8 Å². The van der Waals surface area contributed by atoms with Crippen LogP contribution in [0.25, 0.3) is 0 Å². The Bertz CT molecular complexity index is 813. The average molecular weight is 394 g/mol. The highest BCUT2D eigenvalue weighted by Crippen LogP contribution is 2.32. The first-order valence-electron chi connectivity index (χ1n) is 9.55. The molecule has 2 heterocycles. The van der Waals surface area contributed by atoms with Crippen molar-refractivity contribution in [1.82, 2.24) is 4.31 Å². The minimum Gasteiger partial charge on any atom is -0.481 e. The number of aliphatic carboxylic acids is 1. The summed E-state index contributed by atoms with van der Waals surface area (Å²) in [6.45, 7) is 1.63. The SMILES string of the molecule is O=C(O)CCCC(=O)N1CCc2cc(S(=O)(=O)N3CCCCCC3)ccc21. The highest BCUT2D eigenvalue weighted by molar-refractivity contribution is 7.89. The minimum absolute atomic E-state index is 0.0283. The Morgan fingerprint density at radius 2 is 1.70 bits per heavy atom. The van der Waals surface area contributed by atoms with Gasteiger partial charge in [-0.2, -0.15) is 4.31 Å². The molecule has 1 N–H and O–H groups in total. The maximum absolute atomic E-state index is 13.0. The third-order valence-electron chi connectivity index (χ3n) is 5.23. The van der Waals surface area contributed by atoms with Crippen LogP contribution in [0.3, 0.4) is 0 Å². The maximum Gasteiger partial charge on any atom is 0.303 e. The molecule has 2 aliphatic heterocycles. The summed E-state index contributed by atoms with van der Waals surface area (Å²) in [6, 6.07) is 4.99. The normalized spacial score (nSPS) is 18.1. The van der Waals surface area contributed by atoms with Crippen molar-refractivity contribution >= 4 is 27.6 Å². The smallest absolute Gasteiger partial charge is 0.303 e. The summed E-state index contributed by atoms with van der Waals surface area (Å²) in [5.74, 6) is -1.02. The van der Waals surface area contributed by atoms with Crippen molar-refractivity contribution in [3.63, 3.8) is 0 Å². The molecule has 0 aromatic heterocycles. The number of hydrogen-bond donors (Lipinski definition) is 1. The van der Waals surface area contributed by atoms with Crippen molar-refractivity contribution in [2.45, 2.75) is 56.3 Å². The Labute approximate surface area is 160 Å². The van der Waals surface area contributed by atoms with Gasteiger partial charge < -0.3 is 10.0 Å². The van der Waals surface area contributed by atoms with Crippen molar-refractivity contribution < 1.29 is 23.1 Å². The highest BCUT2D eigenvalue weighted by Gasteiger charge is 2.29. The molecule has 148 valence electrons. The zero-order valence-electron chi connectivity index (χ0n) is 15.4. The summed E-state index contributed by atoms with van der Waals surface area (Å²) in [7, 11) is -3.50. The van der Waals surface area contributed by atoms with E-state index in [2.05, 4.69) is 0 Å². The number of rotatable bonds is 6. The minimum atomic E-state index is -3.50. The molecule has 1 saturated heterocycles. The van der Waals surface area contributed by atoms with Gasteiger partial charge in [-0.15, -0.1) is 0 Å². The molecule has 1 amide bonds. The fraction of sp³-hybridized carbons (Fsp3) is 0.579. The fourth-order valence-corrected chi connectivity index (χ4v) is 5.32. The second kappa shape index (κ2) is 8.39. The number of carbonyl (C=O) groups excluding carboxylic acids is 1. The molecule has 1 fully saturated rings. The Hall–Kier alpha value is -1.93. The van der Waals surface area contributed by atoms with Gasteiger partial charge in [-0.25, -0.2) is 8.42 Å². The van der Waals surface area contributed by atoms with Crippen LogP contribution in [0.1, 0.15) is 50.5 Å². The number of anilines is 1. The Balaban J connectivity index is 1.74. The second-order valence-electron chi connectivity index (χ2n) is 7.15. The molecular formula is C19H26N2O5S. The highest BCUT2D eigenvalue weighted by atomic mass is 32.2. The van der Waals surface area contributed by atoms with E-state index >= 15 is 0 Å². The molecule has 7 nitrogen and oxygen atoms in total. The van der Waals surface area contributed by atoms with Gasteiger partial charge in [0, 0.05) is 38.2 Å². The van der Waals surface area contributed by atoms with Crippen LogP contribution >= 0.6 is 0 Å². The van der Waals surface area contributed by atoms with Gasteiger partial charge in [0.1, 0.15) is 0 Å². The van der Waals surface area contributed by atoms with Crippen LogP contribution in [0.15, 0.2) is 23.1 Å². The van der Waals surface area contributed by atoms with Gasteiger partial charge in [0.15, 0.2) is 0 Å². The lowest BCUT2D eigenvalue weighted by Crippen LogP contribution is -2.32. The van der Waals surface area contributed by atoms with Crippen molar-refractivity contribution in [2.24, 2.45) is 0 Å². The molecular weight excluding hydrogens is 368 g/mol. The van der Waals surface area contributed by atoms with E-state index in [1.807, 2.05) is 0 Å². The zero-order chi connectivity index (χ0) is 19.4. The summed E-state index contributed by atoms with van der Waals surface area (Å²) >= 11 is 0. The van der Waals surface area contributed by atoms with Crippen LogP contribution in [-0.4, -0.2) is 49.3 Å². The van der Waals surface area contributed by atoms with Gasteiger partial charge in [0.25, 0.3) is 0 Å². The van der Waals surface area contributed by atoms with E-state index in [9.17, 15) is 18.0 Å².